The highest BCUT2D eigenvalue weighted by Crippen LogP contribution is 2.35. The van der Waals surface area contributed by atoms with Crippen molar-refractivity contribution in [2.45, 2.75) is 43.0 Å². The van der Waals surface area contributed by atoms with E-state index in [0.717, 1.165) is 0 Å². The second kappa shape index (κ2) is 7.16. The van der Waals surface area contributed by atoms with Crippen LogP contribution in [0.5, 0.6) is 0 Å². The van der Waals surface area contributed by atoms with Crippen molar-refractivity contribution in [3.8, 4) is 0 Å². The van der Waals surface area contributed by atoms with Crippen LogP contribution in [0.1, 0.15) is 26.7 Å². The van der Waals surface area contributed by atoms with Crippen LogP contribution in [-0.2, 0) is 9.59 Å². The molecule has 6 nitrogen and oxygen atoms in total. The van der Waals surface area contributed by atoms with E-state index in [9.17, 15) is 19.5 Å². The molecule has 0 rings (SSSR count). The first-order valence-corrected chi connectivity index (χ1v) is 7.51. The quantitative estimate of drug-likeness (QED) is 0.301. The Balaban J connectivity index is 6.03. The Morgan fingerprint density at radius 3 is 2.26 bits per heavy atom. The Morgan fingerprint density at radius 1 is 1.53 bits per heavy atom. The second-order valence-electron chi connectivity index (χ2n) is 4.18. The van der Waals surface area contributed by atoms with E-state index in [1.165, 1.54) is 11.8 Å². The zero-order valence-electron chi connectivity index (χ0n) is 11.2. The molecule has 4 N–H and O–H groups in total. The van der Waals surface area contributed by atoms with Crippen molar-refractivity contribution >= 4 is 41.9 Å². The van der Waals surface area contributed by atoms with Crippen LogP contribution in [0, 0.1) is 0 Å². The summed E-state index contributed by atoms with van der Waals surface area (Å²) < 4.78 is 0. The molecule has 3 atom stereocenters. The van der Waals surface area contributed by atoms with Gasteiger partial charge in [-0.05, 0) is 19.1 Å². The largest absolute Gasteiger partial charge is 0.479 e. The zero-order valence-corrected chi connectivity index (χ0v) is 12.9. The standard InChI is InChI=1S/C11H20N2O4S2/c1-4-7(19-3)11(5-2,13-9(17)18)10(12,6-14)8(15)16/h6-7H,4-5,12H2,1-3H3,(H,15,16)(H2,13,17,18). The summed E-state index contributed by atoms with van der Waals surface area (Å²) in [5.41, 5.74) is 2.20. The van der Waals surface area contributed by atoms with E-state index in [1.807, 2.05) is 6.92 Å². The Bertz CT molecular complexity index is 363. The highest BCUT2D eigenvalue weighted by Gasteiger charge is 2.58. The number of nitrogens with two attached hydrogens (primary N) is 1. The number of thioether (sulfide) groups is 1. The molecule has 19 heavy (non-hydrogen) atoms. The van der Waals surface area contributed by atoms with Gasteiger partial charge in [-0.1, -0.05) is 26.5 Å². The SMILES string of the molecule is CCC(SC)C(CC)(NC(=O)S)C(N)(C=O)C(=O)O. The van der Waals surface area contributed by atoms with Crippen molar-refractivity contribution < 1.29 is 19.5 Å². The summed E-state index contributed by atoms with van der Waals surface area (Å²) in [6.45, 7) is 3.51. The number of carbonyl (C=O) groups is 3. The Morgan fingerprint density at radius 2 is 2.05 bits per heavy atom. The fraction of sp³-hybridized carbons (Fsp3) is 0.727. The molecule has 0 fully saturated rings. The first-order chi connectivity index (χ1) is 8.75. The molecule has 0 bridgehead atoms. The topological polar surface area (TPSA) is 109 Å². The van der Waals surface area contributed by atoms with Gasteiger partial charge in [-0.25, -0.2) is 4.79 Å². The molecule has 0 saturated heterocycles. The molecule has 0 aliphatic carbocycles. The first-order valence-electron chi connectivity index (χ1n) is 5.78. The van der Waals surface area contributed by atoms with Crippen LogP contribution in [0.4, 0.5) is 4.79 Å². The van der Waals surface area contributed by atoms with Crippen molar-refractivity contribution in [1.82, 2.24) is 5.32 Å². The summed E-state index contributed by atoms with van der Waals surface area (Å²) in [4.78, 5) is 34.1. The van der Waals surface area contributed by atoms with E-state index in [4.69, 9.17) is 5.73 Å². The lowest BCUT2D eigenvalue weighted by molar-refractivity contribution is -0.149. The van der Waals surface area contributed by atoms with Gasteiger partial charge in [0.25, 0.3) is 5.24 Å². The monoisotopic (exact) mass is 308 g/mol. The number of aliphatic carboxylic acids is 1. The van der Waals surface area contributed by atoms with E-state index in [2.05, 4.69) is 17.9 Å². The maximum absolute atomic E-state index is 11.4. The summed E-state index contributed by atoms with van der Waals surface area (Å²) in [5, 5.41) is 10.7. The fourth-order valence-electron chi connectivity index (χ4n) is 2.31. The van der Waals surface area contributed by atoms with Crippen LogP contribution in [0.3, 0.4) is 0 Å². The number of hydrogen-bond acceptors (Lipinski definition) is 5. The van der Waals surface area contributed by atoms with E-state index in [1.54, 1.807) is 13.2 Å². The van der Waals surface area contributed by atoms with Crippen molar-refractivity contribution in [2.24, 2.45) is 5.73 Å². The van der Waals surface area contributed by atoms with Crippen LogP contribution in [0.2, 0.25) is 0 Å². The molecule has 0 aliphatic heterocycles. The maximum Gasteiger partial charge on any atom is 0.333 e. The average molecular weight is 308 g/mol. The number of carboxylic acids is 1. The smallest absolute Gasteiger partial charge is 0.333 e. The average Bonchev–Trinajstić information content (AvgIpc) is 2.36. The molecule has 110 valence electrons. The molecular formula is C11H20N2O4S2. The van der Waals surface area contributed by atoms with Crippen LogP contribution < -0.4 is 11.1 Å². The van der Waals surface area contributed by atoms with E-state index < -0.39 is 22.3 Å². The maximum atomic E-state index is 11.4. The molecule has 0 aromatic rings. The molecule has 0 aromatic carbocycles. The zero-order chi connectivity index (χ0) is 15.3. The minimum Gasteiger partial charge on any atom is -0.479 e. The number of amides is 1. The number of nitrogens with one attached hydrogen (secondary N) is 1. The van der Waals surface area contributed by atoms with Gasteiger partial charge in [0.2, 0.25) is 0 Å². The molecule has 1 amide bonds. The molecule has 3 unspecified atom stereocenters. The Labute approximate surface area is 122 Å². The van der Waals surface area contributed by atoms with Gasteiger partial charge in [-0.2, -0.15) is 11.8 Å². The van der Waals surface area contributed by atoms with Crippen LogP contribution in [-0.4, -0.2) is 45.2 Å². The number of aldehydes is 1. The summed E-state index contributed by atoms with van der Waals surface area (Å²) in [5.74, 6) is -1.47. The number of rotatable bonds is 8. The normalized spacial score (nSPS) is 18.8. The van der Waals surface area contributed by atoms with Gasteiger partial charge in [0.15, 0.2) is 11.8 Å². The van der Waals surface area contributed by atoms with Crippen molar-refractivity contribution in [3.63, 3.8) is 0 Å². The number of carboxylic acid groups (broad SMARTS) is 1. The lowest BCUT2D eigenvalue weighted by Gasteiger charge is -2.46. The van der Waals surface area contributed by atoms with Crippen LogP contribution >= 0.6 is 24.4 Å². The Kier molecular flexibility index (Phi) is 6.88. The fourth-order valence-corrected chi connectivity index (χ4v) is 3.67. The molecular weight excluding hydrogens is 288 g/mol. The predicted molar refractivity (Wildman–Crippen MR) is 78.8 cm³/mol. The second-order valence-corrected chi connectivity index (χ2v) is 5.63. The summed E-state index contributed by atoms with van der Waals surface area (Å²) in [6.07, 6.45) is 2.70. The molecule has 0 saturated carbocycles. The van der Waals surface area contributed by atoms with Gasteiger partial charge in [-0.3, -0.25) is 4.79 Å². The third kappa shape index (κ3) is 3.24. The van der Waals surface area contributed by atoms with Gasteiger partial charge in [0, 0.05) is 5.25 Å². The van der Waals surface area contributed by atoms with Crippen LogP contribution in [0.25, 0.3) is 0 Å². The highest BCUT2D eigenvalue weighted by atomic mass is 32.2. The van der Waals surface area contributed by atoms with Crippen molar-refractivity contribution in [2.75, 3.05) is 6.26 Å². The van der Waals surface area contributed by atoms with Gasteiger partial charge >= 0.3 is 5.97 Å². The third-order valence-corrected chi connectivity index (χ3v) is 4.79. The number of carbonyl (C=O) groups excluding carboxylic acids is 2. The summed E-state index contributed by atoms with van der Waals surface area (Å²) >= 11 is 4.99. The van der Waals surface area contributed by atoms with Crippen LogP contribution in [0.15, 0.2) is 0 Å². The number of thiol groups is 1. The van der Waals surface area contributed by atoms with E-state index >= 15 is 0 Å². The van der Waals surface area contributed by atoms with Gasteiger partial charge in [0.05, 0.1) is 5.54 Å². The molecule has 0 heterocycles. The van der Waals surface area contributed by atoms with Gasteiger partial charge < -0.3 is 21.0 Å². The molecule has 0 aromatic heterocycles. The predicted octanol–water partition coefficient (Wildman–Crippen LogP) is 0.897. The molecule has 0 aliphatic rings. The van der Waals surface area contributed by atoms with Crippen molar-refractivity contribution in [3.05, 3.63) is 0 Å². The van der Waals surface area contributed by atoms with Gasteiger partial charge in [0.1, 0.15) is 0 Å². The molecule has 0 spiro atoms. The Hall–Kier alpha value is -0.730. The number of hydrogen-bond donors (Lipinski definition) is 4. The lowest BCUT2D eigenvalue weighted by atomic mass is 9.72. The summed E-state index contributed by atoms with van der Waals surface area (Å²) in [6, 6.07) is 0. The molecule has 0 radical (unpaired) electrons. The highest BCUT2D eigenvalue weighted by molar-refractivity contribution is 7.99. The molecule has 8 heteroatoms. The first kappa shape index (κ1) is 18.3. The van der Waals surface area contributed by atoms with Gasteiger partial charge in [-0.15, -0.1) is 0 Å². The lowest BCUT2D eigenvalue weighted by Crippen LogP contribution is -2.76. The third-order valence-electron chi connectivity index (χ3n) is 3.37. The minimum absolute atomic E-state index is 0.182. The summed E-state index contributed by atoms with van der Waals surface area (Å²) in [7, 11) is 0. The van der Waals surface area contributed by atoms with Crippen molar-refractivity contribution in [1.29, 1.82) is 0 Å². The van der Waals surface area contributed by atoms with E-state index in [0.29, 0.717) is 6.42 Å². The van der Waals surface area contributed by atoms with E-state index in [-0.39, 0.29) is 18.0 Å². The minimum atomic E-state index is -2.20.